The Balaban J connectivity index is 0.00000420. The molecular weight excluding hydrogens is 481 g/mol. The van der Waals surface area contributed by atoms with E-state index in [-0.39, 0.29) is 36.1 Å². The molecule has 1 unspecified atom stereocenters. The fourth-order valence-electron chi connectivity index (χ4n) is 3.96. The predicted molar refractivity (Wildman–Crippen MR) is 130 cm³/mol. The molecule has 2 saturated heterocycles. The van der Waals surface area contributed by atoms with Gasteiger partial charge in [0.1, 0.15) is 5.60 Å². The molecule has 0 bridgehead atoms. The van der Waals surface area contributed by atoms with Crippen molar-refractivity contribution in [3.8, 4) is 0 Å². The molecule has 0 aromatic rings. The highest BCUT2D eigenvalue weighted by atomic mass is 127. The summed E-state index contributed by atoms with van der Waals surface area (Å²) in [7, 11) is 1.81. The smallest absolute Gasteiger partial charge is 0.410 e. The van der Waals surface area contributed by atoms with Gasteiger partial charge in [0.2, 0.25) is 0 Å². The monoisotopic (exact) mass is 523 g/mol. The number of nitrogens with one attached hydrogen (secondary N) is 2. The second-order valence-corrected chi connectivity index (χ2v) is 9.08. The molecular formula is C21H42IN5O2. The number of piperidine rings is 2. The number of rotatable bonds is 5. The van der Waals surface area contributed by atoms with Crippen molar-refractivity contribution in [2.45, 2.75) is 71.4 Å². The van der Waals surface area contributed by atoms with Crippen molar-refractivity contribution < 1.29 is 9.53 Å². The van der Waals surface area contributed by atoms with Gasteiger partial charge in [-0.25, -0.2) is 4.79 Å². The van der Waals surface area contributed by atoms with Crippen LogP contribution in [0.5, 0.6) is 0 Å². The number of halogens is 1. The first kappa shape index (κ1) is 26.3. The molecule has 7 nitrogen and oxygen atoms in total. The maximum atomic E-state index is 12.3. The normalized spacial score (nSPS) is 22.0. The van der Waals surface area contributed by atoms with Crippen LogP contribution < -0.4 is 10.6 Å². The molecule has 0 aromatic heterocycles. The van der Waals surface area contributed by atoms with Crippen molar-refractivity contribution in [2.75, 3.05) is 46.3 Å². The second-order valence-electron chi connectivity index (χ2n) is 9.08. The Morgan fingerprint density at radius 3 is 2.45 bits per heavy atom. The van der Waals surface area contributed by atoms with Crippen LogP contribution in [-0.2, 0) is 4.74 Å². The molecule has 0 aromatic carbocycles. The van der Waals surface area contributed by atoms with Crippen LogP contribution in [0.3, 0.4) is 0 Å². The molecule has 1 atom stereocenters. The summed E-state index contributed by atoms with van der Waals surface area (Å²) >= 11 is 0. The summed E-state index contributed by atoms with van der Waals surface area (Å²) in [5.41, 5.74) is -0.456. The number of amides is 1. The lowest BCUT2D eigenvalue weighted by molar-refractivity contribution is 0.0193. The van der Waals surface area contributed by atoms with Crippen LogP contribution in [0.15, 0.2) is 4.99 Å². The number of guanidine groups is 1. The lowest BCUT2D eigenvalue weighted by Gasteiger charge is -2.35. The van der Waals surface area contributed by atoms with E-state index in [1.807, 2.05) is 27.8 Å². The van der Waals surface area contributed by atoms with Crippen LogP contribution in [0.1, 0.15) is 59.8 Å². The number of likely N-dealkylation sites (tertiary alicyclic amines) is 2. The molecule has 0 radical (unpaired) electrons. The molecule has 170 valence electrons. The first-order valence-electron chi connectivity index (χ1n) is 11.0. The van der Waals surface area contributed by atoms with Crippen LogP contribution in [0.2, 0.25) is 0 Å². The van der Waals surface area contributed by atoms with Gasteiger partial charge in [-0.15, -0.1) is 24.0 Å². The quantitative estimate of drug-likeness (QED) is 0.329. The number of carbonyl (C=O) groups is 1. The lowest BCUT2D eigenvalue weighted by atomic mass is 9.93. The highest BCUT2D eigenvalue weighted by Crippen LogP contribution is 2.19. The fourth-order valence-corrected chi connectivity index (χ4v) is 3.96. The largest absolute Gasteiger partial charge is 0.444 e. The molecule has 2 rings (SSSR count). The van der Waals surface area contributed by atoms with Crippen molar-refractivity contribution in [2.24, 2.45) is 10.9 Å². The van der Waals surface area contributed by atoms with Crippen molar-refractivity contribution in [1.29, 1.82) is 0 Å². The van der Waals surface area contributed by atoms with Gasteiger partial charge in [0.05, 0.1) is 0 Å². The van der Waals surface area contributed by atoms with Gasteiger partial charge in [-0.2, -0.15) is 0 Å². The molecule has 2 heterocycles. The van der Waals surface area contributed by atoms with E-state index in [9.17, 15) is 4.79 Å². The third-order valence-corrected chi connectivity index (χ3v) is 5.64. The van der Waals surface area contributed by atoms with Crippen molar-refractivity contribution >= 4 is 36.0 Å². The van der Waals surface area contributed by atoms with E-state index in [4.69, 9.17) is 4.74 Å². The van der Waals surface area contributed by atoms with Crippen LogP contribution in [-0.4, -0.2) is 79.8 Å². The minimum atomic E-state index is -0.456. The van der Waals surface area contributed by atoms with E-state index < -0.39 is 5.60 Å². The molecule has 29 heavy (non-hydrogen) atoms. The van der Waals surface area contributed by atoms with Crippen molar-refractivity contribution in [3.63, 3.8) is 0 Å². The highest BCUT2D eigenvalue weighted by Gasteiger charge is 2.28. The summed E-state index contributed by atoms with van der Waals surface area (Å²) in [6.45, 7) is 14.0. The molecule has 1 amide bonds. The summed E-state index contributed by atoms with van der Waals surface area (Å²) in [5, 5.41) is 6.95. The third kappa shape index (κ3) is 9.72. The minimum absolute atomic E-state index is 0. The van der Waals surface area contributed by atoms with Crippen molar-refractivity contribution in [3.05, 3.63) is 0 Å². The molecule has 8 heteroatoms. The Morgan fingerprint density at radius 1 is 1.17 bits per heavy atom. The predicted octanol–water partition coefficient (Wildman–Crippen LogP) is 3.29. The van der Waals surface area contributed by atoms with Gasteiger partial charge >= 0.3 is 6.09 Å². The second kappa shape index (κ2) is 12.8. The SMILES string of the molecule is CCN1CCC(CCNC(=NC)NC2CCCN(C(=O)OC(C)(C)C)C2)CC1.I. The van der Waals surface area contributed by atoms with E-state index in [1.54, 1.807) is 4.90 Å². The maximum absolute atomic E-state index is 12.3. The Bertz CT molecular complexity index is 516. The van der Waals surface area contributed by atoms with Gasteiger partial charge in [0, 0.05) is 32.7 Å². The zero-order valence-electron chi connectivity index (χ0n) is 19.0. The van der Waals surface area contributed by atoms with E-state index in [1.165, 1.54) is 38.9 Å². The Labute approximate surface area is 194 Å². The number of hydrogen-bond donors (Lipinski definition) is 2. The van der Waals surface area contributed by atoms with Crippen LogP contribution in [0, 0.1) is 5.92 Å². The van der Waals surface area contributed by atoms with E-state index >= 15 is 0 Å². The Hall–Kier alpha value is -0.770. The zero-order valence-corrected chi connectivity index (χ0v) is 21.3. The molecule has 2 N–H and O–H groups in total. The van der Waals surface area contributed by atoms with Gasteiger partial charge in [0.25, 0.3) is 0 Å². The maximum Gasteiger partial charge on any atom is 0.410 e. The zero-order chi connectivity index (χ0) is 20.6. The van der Waals surface area contributed by atoms with Crippen LogP contribution >= 0.6 is 24.0 Å². The van der Waals surface area contributed by atoms with Gasteiger partial charge in [0.15, 0.2) is 5.96 Å². The lowest BCUT2D eigenvalue weighted by Crippen LogP contribution is -2.53. The average Bonchev–Trinajstić information content (AvgIpc) is 2.66. The number of aliphatic imine (C=N–C) groups is 1. The molecule has 2 fully saturated rings. The Kier molecular flexibility index (Phi) is 11.6. The van der Waals surface area contributed by atoms with E-state index in [0.29, 0.717) is 6.54 Å². The number of ether oxygens (including phenoxy) is 1. The standard InChI is InChI=1S/C21H41N5O2.HI/c1-6-25-14-10-17(11-15-25)9-12-23-19(22-5)24-18-8-7-13-26(16-18)20(27)28-21(2,3)4;/h17-18H,6-16H2,1-5H3,(H2,22,23,24);1H. The molecule has 0 aliphatic carbocycles. The number of hydrogen-bond acceptors (Lipinski definition) is 4. The summed E-state index contributed by atoms with van der Waals surface area (Å²) in [6, 6.07) is 0.209. The van der Waals surface area contributed by atoms with E-state index in [2.05, 4.69) is 27.4 Å². The van der Waals surface area contributed by atoms with Crippen LogP contribution in [0.25, 0.3) is 0 Å². The van der Waals surface area contributed by atoms with E-state index in [0.717, 1.165) is 37.8 Å². The highest BCUT2D eigenvalue weighted by molar-refractivity contribution is 14.0. The van der Waals surface area contributed by atoms with Gasteiger partial charge in [-0.1, -0.05) is 6.92 Å². The fraction of sp³-hybridized carbons (Fsp3) is 0.905. The first-order chi connectivity index (χ1) is 13.3. The van der Waals surface area contributed by atoms with Crippen LogP contribution in [0.4, 0.5) is 4.79 Å². The first-order valence-corrected chi connectivity index (χ1v) is 11.0. The molecule has 0 spiro atoms. The number of carbonyl (C=O) groups excluding carboxylic acids is 1. The topological polar surface area (TPSA) is 69.2 Å². The number of nitrogens with zero attached hydrogens (tertiary/aromatic N) is 3. The Morgan fingerprint density at radius 2 is 1.86 bits per heavy atom. The summed E-state index contributed by atoms with van der Waals surface area (Å²) in [5.74, 6) is 1.65. The third-order valence-electron chi connectivity index (χ3n) is 5.64. The summed E-state index contributed by atoms with van der Waals surface area (Å²) < 4.78 is 5.51. The minimum Gasteiger partial charge on any atom is -0.444 e. The molecule has 2 aliphatic heterocycles. The molecule has 0 saturated carbocycles. The average molecular weight is 524 g/mol. The summed E-state index contributed by atoms with van der Waals surface area (Å²) in [4.78, 5) is 21.0. The molecule has 2 aliphatic rings. The van der Waals surface area contributed by atoms with Crippen molar-refractivity contribution in [1.82, 2.24) is 20.4 Å². The summed E-state index contributed by atoms with van der Waals surface area (Å²) in [6.07, 6.45) is 5.58. The van der Waals surface area contributed by atoms with Gasteiger partial charge in [-0.05, 0) is 78.4 Å². The van der Waals surface area contributed by atoms with Gasteiger partial charge in [-0.3, -0.25) is 4.99 Å². The van der Waals surface area contributed by atoms with Gasteiger partial charge < -0.3 is 25.2 Å².